The number of aromatic nitrogens is 1. The Morgan fingerprint density at radius 2 is 1.71 bits per heavy atom. The highest BCUT2D eigenvalue weighted by Crippen LogP contribution is 2.29. The van der Waals surface area contributed by atoms with E-state index in [1.54, 1.807) is 15.9 Å². The van der Waals surface area contributed by atoms with Crippen LogP contribution in [0.5, 0.6) is 0 Å². The lowest BCUT2D eigenvalue weighted by molar-refractivity contribution is -0.137. The second-order valence-electron chi connectivity index (χ2n) is 9.33. The fraction of sp³-hybridized carbons (Fsp3) is 0.481. The van der Waals surface area contributed by atoms with Crippen LogP contribution in [0.1, 0.15) is 57.6 Å². The average Bonchev–Trinajstić information content (AvgIpc) is 3.35. The molecular formula is C27H34N4O3S. The maximum Gasteiger partial charge on any atom is 0.246 e. The van der Waals surface area contributed by atoms with Crippen LogP contribution in [0.3, 0.4) is 0 Å². The van der Waals surface area contributed by atoms with Gasteiger partial charge in [0.15, 0.2) is 5.13 Å². The van der Waals surface area contributed by atoms with Gasteiger partial charge in [-0.05, 0) is 30.5 Å². The molecule has 0 radical (unpaired) electrons. The zero-order chi connectivity index (χ0) is 24.6. The smallest absolute Gasteiger partial charge is 0.246 e. The van der Waals surface area contributed by atoms with Crippen molar-refractivity contribution in [2.24, 2.45) is 5.92 Å². The third kappa shape index (κ3) is 6.78. The lowest BCUT2D eigenvalue weighted by Gasteiger charge is -2.34. The lowest BCUT2D eigenvalue weighted by Crippen LogP contribution is -2.50. The van der Waals surface area contributed by atoms with Gasteiger partial charge in [0.05, 0.1) is 11.4 Å². The lowest BCUT2D eigenvalue weighted by atomic mass is 9.86. The standard InChI is InChI=1S/C27H34N4O3S/c1-21(32)31(24-10-6-3-7-11-24)27-28-23(20-35-27)13-15-26(34)30-18-16-29(17-19-30)25(33)14-12-22-8-4-2-5-9-22/h3,6-7,10-11,13,15,20,22H,2,4-5,8-9,12,14,16-19H2,1H3. The summed E-state index contributed by atoms with van der Waals surface area (Å²) in [6.07, 6.45) is 11.3. The van der Waals surface area contributed by atoms with Crippen LogP contribution in [0.2, 0.25) is 0 Å². The molecule has 2 aromatic rings. The highest BCUT2D eigenvalue weighted by atomic mass is 32.1. The minimum atomic E-state index is -0.122. The average molecular weight is 495 g/mol. The normalized spacial score (nSPS) is 17.1. The number of hydrogen-bond acceptors (Lipinski definition) is 5. The van der Waals surface area contributed by atoms with E-state index in [1.807, 2.05) is 40.6 Å². The number of carbonyl (C=O) groups excluding carboxylic acids is 3. The summed E-state index contributed by atoms with van der Waals surface area (Å²) in [7, 11) is 0. The van der Waals surface area contributed by atoms with Crippen molar-refractivity contribution in [1.82, 2.24) is 14.8 Å². The number of rotatable bonds is 7. The molecule has 0 spiro atoms. The number of carbonyl (C=O) groups is 3. The van der Waals surface area contributed by atoms with Crippen LogP contribution in [0, 0.1) is 5.92 Å². The monoisotopic (exact) mass is 494 g/mol. The molecule has 0 unspecified atom stereocenters. The van der Waals surface area contributed by atoms with Crippen LogP contribution in [-0.2, 0) is 14.4 Å². The Labute approximate surface area is 211 Å². The zero-order valence-corrected chi connectivity index (χ0v) is 21.2. The molecule has 2 heterocycles. The van der Waals surface area contributed by atoms with E-state index in [9.17, 15) is 14.4 Å². The summed E-state index contributed by atoms with van der Waals surface area (Å²) in [5.74, 6) is 0.729. The first kappa shape index (κ1) is 25.1. The molecule has 4 rings (SSSR count). The van der Waals surface area contributed by atoms with Crippen molar-refractivity contribution in [2.45, 2.75) is 51.9 Å². The van der Waals surface area contributed by atoms with Gasteiger partial charge in [-0.3, -0.25) is 19.3 Å². The molecule has 35 heavy (non-hydrogen) atoms. The maximum atomic E-state index is 12.7. The van der Waals surface area contributed by atoms with E-state index in [-0.39, 0.29) is 17.7 Å². The van der Waals surface area contributed by atoms with Crippen molar-refractivity contribution < 1.29 is 14.4 Å². The van der Waals surface area contributed by atoms with E-state index < -0.39 is 0 Å². The Hall–Kier alpha value is -3.00. The van der Waals surface area contributed by atoms with Crippen LogP contribution in [-0.4, -0.2) is 58.7 Å². The summed E-state index contributed by atoms with van der Waals surface area (Å²) in [5.41, 5.74) is 1.39. The van der Waals surface area contributed by atoms with Crippen LogP contribution in [0.25, 0.3) is 6.08 Å². The molecule has 2 fully saturated rings. The van der Waals surface area contributed by atoms with Crippen LogP contribution in [0.15, 0.2) is 41.8 Å². The maximum absolute atomic E-state index is 12.7. The van der Waals surface area contributed by atoms with Gasteiger partial charge in [0.2, 0.25) is 17.7 Å². The van der Waals surface area contributed by atoms with E-state index in [0.717, 1.165) is 12.1 Å². The first-order valence-corrected chi connectivity index (χ1v) is 13.5. The minimum Gasteiger partial charge on any atom is -0.339 e. The highest BCUT2D eigenvalue weighted by molar-refractivity contribution is 7.14. The second kappa shape index (κ2) is 12.1. The van der Waals surface area contributed by atoms with Crippen molar-refractivity contribution in [1.29, 1.82) is 0 Å². The molecule has 186 valence electrons. The fourth-order valence-electron chi connectivity index (χ4n) is 4.86. The number of piperazine rings is 1. The molecule has 1 aromatic carbocycles. The van der Waals surface area contributed by atoms with Gasteiger partial charge in [0, 0.05) is 51.0 Å². The summed E-state index contributed by atoms with van der Waals surface area (Å²) < 4.78 is 0. The van der Waals surface area contributed by atoms with Gasteiger partial charge in [0.25, 0.3) is 0 Å². The number of anilines is 2. The SMILES string of the molecule is CC(=O)N(c1ccccc1)c1nc(C=CC(=O)N2CCN(C(=O)CCC3CCCCC3)CC2)cs1. The van der Waals surface area contributed by atoms with E-state index in [0.29, 0.717) is 49.3 Å². The van der Waals surface area contributed by atoms with Gasteiger partial charge in [-0.1, -0.05) is 50.3 Å². The Kier molecular flexibility index (Phi) is 8.69. The Morgan fingerprint density at radius 3 is 2.40 bits per heavy atom. The molecule has 0 N–H and O–H groups in total. The largest absolute Gasteiger partial charge is 0.339 e. The highest BCUT2D eigenvalue weighted by Gasteiger charge is 2.24. The quantitative estimate of drug-likeness (QED) is 0.515. The summed E-state index contributed by atoms with van der Waals surface area (Å²) in [6.45, 7) is 3.79. The molecule has 1 aliphatic carbocycles. The molecule has 1 aliphatic heterocycles. The minimum absolute atomic E-state index is 0.0830. The predicted molar refractivity (Wildman–Crippen MR) is 139 cm³/mol. The predicted octanol–water partition coefficient (Wildman–Crippen LogP) is 4.87. The number of benzene rings is 1. The Morgan fingerprint density at radius 1 is 1.03 bits per heavy atom. The molecule has 0 bridgehead atoms. The van der Waals surface area contributed by atoms with Crippen molar-refractivity contribution in [3.8, 4) is 0 Å². The zero-order valence-electron chi connectivity index (χ0n) is 20.4. The summed E-state index contributed by atoms with van der Waals surface area (Å²) >= 11 is 1.36. The van der Waals surface area contributed by atoms with Gasteiger partial charge < -0.3 is 9.80 Å². The van der Waals surface area contributed by atoms with Gasteiger partial charge in [0.1, 0.15) is 0 Å². The first-order chi connectivity index (χ1) is 17.0. The molecule has 2 aliphatic rings. The molecular weight excluding hydrogens is 460 g/mol. The van der Waals surface area contributed by atoms with Crippen LogP contribution >= 0.6 is 11.3 Å². The summed E-state index contributed by atoms with van der Waals surface area (Å²) in [4.78, 5) is 47.3. The van der Waals surface area contributed by atoms with Crippen molar-refractivity contribution in [3.05, 3.63) is 47.5 Å². The topological polar surface area (TPSA) is 73.8 Å². The molecule has 3 amide bonds. The third-order valence-electron chi connectivity index (χ3n) is 6.86. The van der Waals surface area contributed by atoms with Gasteiger partial charge in [-0.2, -0.15) is 0 Å². The Balaban J connectivity index is 1.26. The first-order valence-electron chi connectivity index (χ1n) is 12.6. The third-order valence-corrected chi connectivity index (χ3v) is 7.71. The fourth-order valence-corrected chi connectivity index (χ4v) is 5.71. The van der Waals surface area contributed by atoms with Gasteiger partial charge in [-0.15, -0.1) is 11.3 Å². The Bertz CT molecular complexity index is 1040. The van der Waals surface area contributed by atoms with Crippen LogP contribution in [0.4, 0.5) is 10.8 Å². The number of nitrogens with zero attached hydrogens (tertiary/aromatic N) is 4. The molecule has 1 saturated carbocycles. The van der Waals surface area contributed by atoms with Crippen LogP contribution < -0.4 is 4.90 Å². The molecule has 0 atom stereocenters. The second-order valence-corrected chi connectivity index (χ2v) is 10.2. The van der Waals surface area contributed by atoms with Gasteiger partial charge in [-0.25, -0.2) is 4.98 Å². The van der Waals surface area contributed by atoms with E-state index >= 15 is 0 Å². The van der Waals surface area contributed by atoms with Crippen molar-refractivity contribution >= 4 is 46.0 Å². The molecule has 1 aromatic heterocycles. The van der Waals surface area contributed by atoms with Gasteiger partial charge >= 0.3 is 0 Å². The van der Waals surface area contributed by atoms with E-state index in [1.165, 1.54) is 56.4 Å². The van der Waals surface area contributed by atoms with Crippen molar-refractivity contribution in [3.63, 3.8) is 0 Å². The number of hydrogen-bond donors (Lipinski definition) is 0. The van der Waals surface area contributed by atoms with Crippen molar-refractivity contribution in [2.75, 3.05) is 31.1 Å². The van der Waals surface area contributed by atoms with E-state index in [4.69, 9.17) is 0 Å². The number of thiazole rings is 1. The number of amides is 3. The molecule has 1 saturated heterocycles. The van der Waals surface area contributed by atoms with E-state index in [2.05, 4.69) is 4.98 Å². The number of para-hydroxylation sites is 1. The molecule has 8 heteroatoms. The summed E-state index contributed by atoms with van der Waals surface area (Å²) in [6, 6.07) is 9.38. The summed E-state index contributed by atoms with van der Waals surface area (Å²) in [5, 5.41) is 2.40. The molecule has 7 nitrogen and oxygen atoms in total.